The van der Waals surface area contributed by atoms with Crippen LogP contribution in [0.5, 0.6) is 0 Å². The van der Waals surface area contributed by atoms with Crippen LogP contribution in [0.1, 0.15) is 54.9 Å². The van der Waals surface area contributed by atoms with E-state index in [2.05, 4.69) is 41.5 Å². The third-order valence-electron chi connectivity index (χ3n) is 6.16. The first kappa shape index (κ1) is 18.2. The molecule has 1 N–H and O–H groups in total. The molecule has 0 spiro atoms. The lowest BCUT2D eigenvalue weighted by Gasteiger charge is -2.48. The molecule has 0 aromatic rings. The Bertz CT molecular complexity index is 359. The van der Waals surface area contributed by atoms with E-state index in [1.807, 2.05) is 6.92 Å². The fraction of sp³-hybridized carbons (Fsp3) is 1.00. The Morgan fingerprint density at radius 2 is 1.45 bits per heavy atom. The maximum absolute atomic E-state index is 10.2. The van der Waals surface area contributed by atoms with Crippen LogP contribution < -0.4 is 0 Å². The lowest BCUT2D eigenvalue weighted by Crippen LogP contribution is -2.55. The van der Waals surface area contributed by atoms with Gasteiger partial charge in [0.25, 0.3) is 0 Å². The van der Waals surface area contributed by atoms with E-state index in [4.69, 9.17) is 14.2 Å². The molecule has 0 radical (unpaired) electrons. The van der Waals surface area contributed by atoms with Crippen LogP contribution in [0.15, 0.2) is 0 Å². The normalized spacial score (nSPS) is 53.5. The number of ether oxygens (including phenoxy) is 3. The minimum atomic E-state index is -0.421. The summed E-state index contributed by atoms with van der Waals surface area (Å²) in [5.74, 6) is 1.24. The van der Waals surface area contributed by atoms with Gasteiger partial charge in [0, 0.05) is 5.92 Å². The van der Waals surface area contributed by atoms with Gasteiger partial charge < -0.3 is 19.3 Å². The van der Waals surface area contributed by atoms with Crippen molar-refractivity contribution in [2.75, 3.05) is 0 Å². The van der Waals surface area contributed by atoms with Gasteiger partial charge in [-0.2, -0.15) is 0 Å². The van der Waals surface area contributed by atoms with Gasteiger partial charge in [-0.3, -0.25) is 0 Å². The molecule has 2 aliphatic heterocycles. The zero-order valence-electron chi connectivity index (χ0n) is 15.2. The van der Waals surface area contributed by atoms with Crippen LogP contribution in [-0.4, -0.2) is 41.9 Å². The zero-order valence-corrected chi connectivity index (χ0v) is 15.2. The maximum Gasteiger partial charge on any atom is 0.161 e. The van der Waals surface area contributed by atoms with Gasteiger partial charge in [-0.15, -0.1) is 0 Å². The fourth-order valence-electron chi connectivity index (χ4n) is 3.80. The molecular formula is C18H34O4. The maximum atomic E-state index is 10.2. The molecule has 4 nitrogen and oxygen atoms in total. The van der Waals surface area contributed by atoms with E-state index in [-0.39, 0.29) is 42.5 Å². The first-order valence-corrected chi connectivity index (χ1v) is 8.92. The van der Waals surface area contributed by atoms with Gasteiger partial charge in [0.05, 0.1) is 30.5 Å². The summed E-state index contributed by atoms with van der Waals surface area (Å²) in [6, 6.07) is 0. The number of hydrogen-bond donors (Lipinski definition) is 1. The van der Waals surface area contributed by atoms with Crippen LogP contribution in [0, 0.1) is 23.7 Å². The molecule has 130 valence electrons. The van der Waals surface area contributed by atoms with Crippen molar-refractivity contribution in [3.8, 4) is 0 Å². The Hall–Kier alpha value is -0.160. The molecule has 2 saturated heterocycles. The molecule has 0 amide bonds. The van der Waals surface area contributed by atoms with Crippen LogP contribution in [0.2, 0.25) is 0 Å². The SMILES string of the molecule is CCC1O[C@@H](C)C(C)[C@@H](C)[C@H]1O[C@H]1O[C@H](C)[C@@H](O)C(C)C1C. The van der Waals surface area contributed by atoms with Crippen LogP contribution in [0.25, 0.3) is 0 Å². The summed E-state index contributed by atoms with van der Waals surface area (Å²) in [4.78, 5) is 0. The van der Waals surface area contributed by atoms with Crippen LogP contribution in [0.4, 0.5) is 0 Å². The van der Waals surface area contributed by atoms with E-state index in [9.17, 15) is 5.11 Å². The van der Waals surface area contributed by atoms with Crippen LogP contribution in [-0.2, 0) is 14.2 Å². The Balaban J connectivity index is 2.10. The Kier molecular flexibility index (Phi) is 5.92. The predicted molar refractivity (Wildman–Crippen MR) is 86.5 cm³/mol. The zero-order chi connectivity index (χ0) is 16.6. The van der Waals surface area contributed by atoms with Gasteiger partial charge in [0.2, 0.25) is 0 Å². The summed E-state index contributed by atoms with van der Waals surface area (Å²) in [6.45, 7) is 14.9. The largest absolute Gasteiger partial charge is 0.390 e. The number of aliphatic hydroxyl groups excluding tert-OH is 1. The Morgan fingerprint density at radius 3 is 2.05 bits per heavy atom. The van der Waals surface area contributed by atoms with E-state index in [0.717, 1.165) is 6.42 Å². The van der Waals surface area contributed by atoms with Gasteiger partial charge in [-0.05, 0) is 38.0 Å². The van der Waals surface area contributed by atoms with Crippen LogP contribution >= 0.6 is 0 Å². The quantitative estimate of drug-likeness (QED) is 0.869. The number of aliphatic hydroxyl groups is 1. The molecule has 2 aliphatic rings. The number of rotatable bonds is 3. The molecule has 0 saturated carbocycles. The molecule has 0 aromatic heterocycles. The van der Waals surface area contributed by atoms with Gasteiger partial charge in [-0.25, -0.2) is 0 Å². The highest BCUT2D eigenvalue weighted by Gasteiger charge is 2.45. The Labute approximate surface area is 135 Å². The smallest absolute Gasteiger partial charge is 0.161 e. The summed E-state index contributed by atoms with van der Waals surface area (Å²) in [5.41, 5.74) is 0. The van der Waals surface area contributed by atoms with Crippen molar-refractivity contribution in [3.63, 3.8) is 0 Å². The molecule has 0 bridgehead atoms. The molecule has 2 heterocycles. The van der Waals surface area contributed by atoms with E-state index in [0.29, 0.717) is 11.8 Å². The summed E-state index contributed by atoms with van der Waals surface area (Å²) < 4.78 is 18.5. The van der Waals surface area contributed by atoms with Crippen LogP contribution in [0.3, 0.4) is 0 Å². The molecule has 2 fully saturated rings. The highest BCUT2D eigenvalue weighted by atomic mass is 16.7. The van der Waals surface area contributed by atoms with E-state index in [1.54, 1.807) is 0 Å². The first-order valence-electron chi connectivity index (χ1n) is 8.92. The van der Waals surface area contributed by atoms with Crippen molar-refractivity contribution in [1.29, 1.82) is 0 Å². The summed E-state index contributed by atoms with van der Waals surface area (Å²) in [6.07, 6.45) is 0.514. The van der Waals surface area contributed by atoms with Crippen molar-refractivity contribution in [3.05, 3.63) is 0 Å². The second kappa shape index (κ2) is 7.16. The predicted octanol–water partition coefficient (Wildman–Crippen LogP) is 3.22. The molecule has 2 rings (SSSR count). The Morgan fingerprint density at radius 1 is 0.818 bits per heavy atom. The second-order valence-corrected chi connectivity index (χ2v) is 7.53. The van der Waals surface area contributed by atoms with Crippen molar-refractivity contribution < 1.29 is 19.3 Å². The molecule has 22 heavy (non-hydrogen) atoms. The monoisotopic (exact) mass is 314 g/mol. The summed E-state index contributed by atoms with van der Waals surface area (Å²) >= 11 is 0. The topological polar surface area (TPSA) is 47.9 Å². The average molecular weight is 314 g/mol. The highest BCUT2D eigenvalue weighted by molar-refractivity contribution is 4.89. The molecule has 4 heteroatoms. The molecule has 4 unspecified atom stereocenters. The molecule has 0 aliphatic carbocycles. The van der Waals surface area contributed by atoms with E-state index >= 15 is 0 Å². The van der Waals surface area contributed by atoms with E-state index < -0.39 is 6.10 Å². The first-order chi connectivity index (χ1) is 10.3. The van der Waals surface area contributed by atoms with Gasteiger partial charge in [0.15, 0.2) is 6.29 Å². The van der Waals surface area contributed by atoms with Crippen molar-refractivity contribution in [2.24, 2.45) is 23.7 Å². The standard InChI is InChI=1S/C18H34O4/c1-8-15-17(11(4)9(2)13(6)20-15)22-18-12(5)10(3)16(19)14(7)21-18/h9-19H,8H2,1-7H3/t9?,10?,11-,12?,13+,14-,15?,16+,17-,18-/m1/s1. The number of hydrogen-bond acceptors (Lipinski definition) is 4. The minimum Gasteiger partial charge on any atom is -0.390 e. The summed E-state index contributed by atoms with van der Waals surface area (Å²) in [7, 11) is 0. The van der Waals surface area contributed by atoms with Crippen molar-refractivity contribution in [1.82, 2.24) is 0 Å². The molecule has 0 aromatic carbocycles. The molecular weight excluding hydrogens is 280 g/mol. The van der Waals surface area contributed by atoms with Gasteiger partial charge in [0.1, 0.15) is 0 Å². The summed E-state index contributed by atoms with van der Waals surface area (Å²) in [5, 5.41) is 10.2. The second-order valence-electron chi connectivity index (χ2n) is 7.53. The third kappa shape index (κ3) is 3.35. The average Bonchev–Trinajstić information content (AvgIpc) is 2.50. The van der Waals surface area contributed by atoms with Gasteiger partial charge in [-0.1, -0.05) is 34.6 Å². The minimum absolute atomic E-state index is 0.0540. The van der Waals surface area contributed by atoms with E-state index in [1.165, 1.54) is 0 Å². The highest BCUT2D eigenvalue weighted by Crippen LogP contribution is 2.38. The third-order valence-corrected chi connectivity index (χ3v) is 6.16. The van der Waals surface area contributed by atoms with Gasteiger partial charge >= 0.3 is 0 Å². The molecule has 10 atom stereocenters. The lowest BCUT2D eigenvalue weighted by molar-refractivity contribution is -0.304. The lowest BCUT2D eigenvalue weighted by atomic mass is 9.80. The van der Waals surface area contributed by atoms with Crippen molar-refractivity contribution >= 4 is 0 Å². The fourth-order valence-corrected chi connectivity index (χ4v) is 3.80. The van der Waals surface area contributed by atoms with Crippen molar-refractivity contribution in [2.45, 2.75) is 91.7 Å².